The van der Waals surface area contributed by atoms with Crippen molar-refractivity contribution in [2.24, 2.45) is 0 Å². The molecule has 0 bridgehead atoms. The van der Waals surface area contributed by atoms with E-state index in [2.05, 4.69) is 0 Å². The van der Waals surface area contributed by atoms with Crippen molar-refractivity contribution < 1.29 is 14.3 Å². The highest BCUT2D eigenvalue weighted by molar-refractivity contribution is 5.89. The molecule has 1 rings (SSSR count). The van der Waals surface area contributed by atoms with E-state index < -0.39 is 0 Å². The number of ether oxygens (including phenoxy) is 2. The monoisotopic (exact) mass is 262 g/mol. The van der Waals surface area contributed by atoms with Crippen molar-refractivity contribution in [3.8, 4) is 0 Å². The zero-order valence-electron chi connectivity index (χ0n) is 11.5. The summed E-state index contributed by atoms with van der Waals surface area (Å²) < 4.78 is 10.9. The Labute approximate surface area is 115 Å². The molecule has 104 valence electrons. The van der Waals surface area contributed by atoms with Crippen LogP contribution in [0.2, 0.25) is 0 Å². The van der Waals surface area contributed by atoms with Crippen LogP contribution in [0.1, 0.15) is 25.3 Å². The molecule has 0 spiro atoms. The van der Waals surface area contributed by atoms with E-state index in [0.717, 1.165) is 6.42 Å². The summed E-state index contributed by atoms with van der Waals surface area (Å²) in [6, 6.07) is 10.1. The molecule has 19 heavy (non-hydrogen) atoms. The van der Waals surface area contributed by atoms with E-state index in [4.69, 9.17) is 9.47 Å². The van der Waals surface area contributed by atoms with E-state index in [1.165, 1.54) is 5.56 Å². The number of ketones is 1. The maximum absolute atomic E-state index is 11.0. The number of carbonyl (C=O) groups is 1. The lowest BCUT2D eigenvalue weighted by atomic mass is 10.2. The van der Waals surface area contributed by atoms with Crippen molar-refractivity contribution >= 4 is 5.78 Å². The average molecular weight is 262 g/mol. The zero-order chi connectivity index (χ0) is 13.8. The first-order valence-electron chi connectivity index (χ1n) is 6.71. The molecule has 0 aliphatic carbocycles. The topological polar surface area (TPSA) is 35.5 Å². The molecule has 0 saturated carbocycles. The summed E-state index contributed by atoms with van der Waals surface area (Å²) in [4.78, 5) is 11.0. The van der Waals surface area contributed by atoms with E-state index in [1.54, 1.807) is 6.08 Å². The van der Waals surface area contributed by atoms with Gasteiger partial charge in [0, 0.05) is 6.42 Å². The van der Waals surface area contributed by atoms with Crippen LogP contribution in [0.3, 0.4) is 0 Å². The van der Waals surface area contributed by atoms with Crippen LogP contribution in [0.15, 0.2) is 42.5 Å². The first-order valence-corrected chi connectivity index (χ1v) is 6.71. The SMILES string of the molecule is CCC(=O)/C=C/CCOCCOCc1ccccc1. The number of carbonyl (C=O) groups excluding carboxylic acids is 1. The summed E-state index contributed by atoms with van der Waals surface area (Å²) in [6.45, 7) is 4.28. The van der Waals surface area contributed by atoms with E-state index in [-0.39, 0.29) is 5.78 Å². The first-order chi connectivity index (χ1) is 9.33. The minimum atomic E-state index is 0.159. The van der Waals surface area contributed by atoms with Gasteiger partial charge in [0.25, 0.3) is 0 Å². The normalized spacial score (nSPS) is 11.0. The Hall–Kier alpha value is -1.45. The molecule has 3 heteroatoms. The van der Waals surface area contributed by atoms with Gasteiger partial charge in [-0.15, -0.1) is 0 Å². The highest BCUT2D eigenvalue weighted by Gasteiger charge is 1.92. The molecule has 0 unspecified atom stereocenters. The molecule has 0 heterocycles. The minimum Gasteiger partial charge on any atom is -0.379 e. The van der Waals surface area contributed by atoms with E-state index in [0.29, 0.717) is 32.8 Å². The smallest absolute Gasteiger partial charge is 0.155 e. The maximum Gasteiger partial charge on any atom is 0.155 e. The fourth-order valence-corrected chi connectivity index (χ4v) is 1.47. The average Bonchev–Trinajstić information content (AvgIpc) is 2.46. The summed E-state index contributed by atoms with van der Waals surface area (Å²) >= 11 is 0. The van der Waals surface area contributed by atoms with E-state index >= 15 is 0 Å². The van der Waals surface area contributed by atoms with Crippen molar-refractivity contribution in [2.45, 2.75) is 26.4 Å². The molecule has 0 N–H and O–H groups in total. The van der Waals surface area contributed by atoms with Crippen LogP contribution in [-0.4, -0.2) is 25.6 Å². The highest BCUT2D eigenvalue weighted by atomic mass is 16.5. The van der Waals surface area contributed by atoms with Gasteiger partial charge in [-0.3, -0.25) is 4.79 Å². The number of benzene rings is 1. The van der Waals surface area contributed by atoms with Gasteiger partial charge in [-0.2, -0.15) is 0 Å². The summed E-state index contributed by atoms with van der Waals surface area (Å²) in [5, 5.41) is 0. The summed E-state index contributed by atoms with van der Waals surface area (Å²) in [7, 11) is 0. The van der Waals surface area contributed by atoms with Crippen LogP contribution in [-0.2, 0) is 20.9 Å². The van der Waals surface area contributed by atoms with Crippen LogP contribution >= 0.6 is 0 Å². The number of hydrogen-bond acceptors (Lipinski definition) is 3. The molecule has 1 aromatic carbocycles. The second-order valence-corrected chi connectivity index (χ2v) is 4.16. The molecule has 3 nitrogen and oxygen atoms in total. The Bertz CT molecular complexity index is 371. The van der Waals surface area contributed by atoms with Crippen LogP contribution < -0.4 is 0 Å². The molecule has 0 fully saturated rings. The molecule has 0 amide bonds. The molecule has 0 aromatic heterocycles. The lowest BCUT2D eigenvalue weighted by Crippen LogP contribution is -2.05. The highest BCUT2D eigenvalue weighted by Crippen LogP contribution is 2.00. The maximum atomic E-state index is 11.0. The van der Waals surface area contributed by atoms with Crippen LogP contribution in [0.5, 0.6) is 0 Å². The molecule has 0 aliphatic heterocycles. The van der Waals surface area contributed by atoms with E-state index in [9.17, 15) is 4.79 Å². The standard InChI is InChI=1S/C16H22O3/c1-2-16(17)10-6-7-11-18-12-13-19-14-15-8-4-3-5-9-15/h3-6,8-10H,2,7,11-14H2,1H3/b10-6+. The third-order valence-corrected chi connectivity index (χ3v) is 2.56. The lowest BCUT2D eigenvalue weighted by Gasteiger charge is -2.04. The predicted octanol–water partition coefficient (Wildman–Crippen LogP) is 3.15. The summed E-state index contributed by atoms with van der Waals surface area (Å²) in [6.07, 6.45) is 4.81. The van der Waals surface area contributed by atoms with Crippen LogP contribution in [0.25, 0.3) is 0 Å². The minimum absolute atomic E-state index is 0.159. The third-order valence-electron chi connectivity index (χ3n) is 2.56. The van der Waals surface area contributed by atoms with Crippen LogP contribution in [0.4, 0.5) is 0 Å². The largest absolute Gasteiger partial charge is 0.379 e. The van der Waals surface area contributed by atoms with Gasteiger partial charge in [-0.25, -0.2) is 0 Å². The Morgan fingerprint density at radius 2 is 1.84 bits per heavy atom. The van der Waals surface area contributed by atoms with Crippen molar-refractivity contribution in [3.63, 3.8) is 0 Å². The Morgan fingerprint density at radius 3 is 2.58 bits per heavy atom. The summed E-state index contributed by atoms with van der Waals surface area (Å²) in [5.41, 5.74) is 1.17. The Kier molecular flexibility index (Phi) is 8.60. The van der Waals surface area contributed by atoms with Gasteiger partial charge >= 0.3 is 0 Å². The van der Waals surface area contributed by atoms with Gasteiger partial charge in [0.2, 0.25) is 0 Å². The molecule has 0 radical (unpaired) electrons. The molecular weight excluding hydrogens is 240 g/mol. The quantitative estimate of drug-likeness (QED) is 0.480. The lowest BCUT2D eigenvalue weighted by molar-refractivity contribution is -0.114. The van der Waals surface area contributed by atoms with Crippen molar-refractivity contribution in [3.05, 3.63) is 48.0 Å². The third kappa shape index (κ3) is 8.30. The van der Waals surface area contributed by atoms with Gasteiger partial charge in [0.1, 0.15) is 0 Å². The molecule has 0 saturated heterocycles. The second kappa shape index (κ2) is 10.5. The second-order valence-electron chi connectivity index (χ2n) is 4.16. The fourth-order valence-electron chi connectivity index (χ4n) is 1.47. The Morgan fingerprint density at radius 1 is 1.11 bits per heavy atom. The van der Waals surface area contributed by atoms with Gasteiger partial charge in [-0.1, -0.05) is 43.3 Å². The van der Waals surface area contributed by atoms with Crippen molar-refractivity contribution in [2.75, 3.05) is 19.8 Å². The Balaban J connectivity index is 1.92. The van der Waals surface area contributed by atoms with Gasteiger partial charge in [0.05, 0.1) is 26.4 Å². The first kappa shape index (κ1) is 15.6. The van der Waals surface area contributed by atoms with Crippen LogP contribution in [0, 0.1) is 0 Å². The van der Waals surface area contributed by atoms with E-state index in [1.807, 2.05) is 43.3 Å². The fraction of sp³-hybridized carbons (Fsp3) is 0.438. The molecular formula is C16H22O3. The number of rotatable bonds is 10. The van der Waals surface area contributed by atoms with Gasteiger partial charge in [0.15, 0.2) is 5.78 Å². The van der Waals surface area contributed by atoms with Gasteiger partial charge in [-0.05, 0) is 18.1 Å². The zero-order valence-corrected chi connectivity index (χ0v) is 11.5. The van der Waals surface area contributed by atoms with Gasteiger partial charge < -0.3 is 9.47 Å². The number of hydrogen-bond donors (Lipinski definition) is 0. The molecule has 0 atom stereocenters. The summed E-state index contributed by atoms with van der Waals surface area (Å²) in [5.74, 6) is 0.159. The van der Waals surface area contributed by atoms with Crippen molar-refractivity contribution in [1.29, 1.82) is 0 Å². The molecule has 1 aromatic rings. The number of allylic oxidation sites excluding steroid dienone is 1. The molecule has 0 aliphatic rings. The predicted molar refractivity (Wildman–Crippen MR) is 76.0 cm³/mol. The van der Waals surface area contributed by atoms with Crippen molar-refractivity contribution in [1.82, 2.24) is 0 Å².